The van der Waals surface area contributed by atoms with Gasteiger partial charge in [0.05, 0.1) is 11.0 Å². The van der Waals surface area contributed by atoms with Crippen molar-refractivity contribution >= 4 is 27.8 Å². The minimum absolute atomic E-state index is 0.803. The van der Waals surface area contributed by atoms with E-state index in [1.165, 1.54) is 0 Å². The fourth-order valence-corrected chi connectivity index (χ4v) is 2.01. The molecule has 2 heterocycles. The molecule has 2 aromatic carbocycles. The van der Waals surface area contributed by atoms with E-state index >= 15 is 0 Å². The number of imidazole rings is 2. The second-order valence-corrected chi connectivity index (χ2v) is 3.60. The Morgan fingerprint density at radius 1 is 1.06 bits per heavy atom. The number of nitrogens with one attached hydrogen (secondary N) is 1. The van der Waals surface area contributed by atoms with Gasteiger partial charge in [0, 0.05) is 0 Å². The summed E-state index contributed by atoms with van der Waals surface area (Å²) in [5.41, 5.74) is 3.82. The molecule has 3 nitrogen and oxygen atoms in total. The monoisotopic (exact) mass is 203 g/mol. The summed E-state index contributed by atoms with van der Waals surface area (Å²) in [6.07, 6.45) is 0. The molecule has 4 aromatic rings. The van der Waals surface area contributed by atoms with Gasteiger partial charge in [-0.05, 0) is 36.4 Å². The largest absolute Gasteiger partial charge is 0.316 e. The smallest absolute Gasteiger partial charge is 0.214 e. The van der Waals surface area contributed by atoms with Gasteiger partial charge >= 0.3 is 0 Å². The molecular weight excluding hydrogens is 198 g/mol. The molecule has 0 aliphatic rings. The zero-order valence-electron chi connectivity index (χ0n) is 8.20. The average Bonchev–Trinajstić information content (AvgIpc) is 2.83. The molecule has 16 heavy (non-hydrogen) atoms. The van der Waals surface area contributed by atoms with Crippen LogP contribution in [0.1, 0.15) is 0 Å². The first-order chi connectivity index (χ1) is 7.93. The first kappa shape index (κ1) is 7.62. The van der Waals surface area contributed by atoms with Crippen molar-refractivity contribution in [2.45, 2.75) is 0 Å². The van der Waals surface area contributed by atoms with E-state index in [1.807, 2.05) is 24.3 Å². The molecule has 0 bridgehead atoms. The maximum absolute atomic E-state index is 4.44. The van der Waals surface area contributed by atoms with Gasteiger partial charge in [0.15, 0.2) is 0 Å². The Labute approximate surface area is 91.3 Å². The van der Waals surface area contributed by atoms with Gasteiger partial charge in [0.25, 0.3) is 0 Å². The second-order valence-electron chi connectivity index (χ2n) is 3.60. The van der Waals surface area contributed by atoms with Crippen LogP contribution < -0.4 is 0 Å². The summed E-state index contributed by atoms with van der Waals surface area (Å²) in [5, 5.41) is 0. The molecule has 0 aliphatic heterocycles. The molecule has 1 N–H and O–H groups in total. The molecule has 3 heteroatoms. The zero-order valence-corrected chi connectivity index (χ0v) is 8.20. The topological polar surface area (TPSA) is 33.1 Å². The first-order valence-corrected chi connectivity index (χ1v) is 4.94. The first-order valence-electron chi connectivity index (χ1n) is 4.94. The van der Waals surface area contributed by atoms with Crippen molar-refractivity contribution in [2.75, 3.05) is 0 Å². The summed E-state index contributed by atoms with van der Waals surface area (Å²) in [5.74, 6) is 0.803. The standard InChI is InChI=1S/C13H5N3/c1-3-7-11-9(5-1)14-13-15-10-6-2-4-8-12(10)16(11)13/h3-4,7-8H,(H,14,15). The van der Waals surface area contributed by atoms with Crippen LogP contribution in [0.15, 0.2) is 24.3 Å². The maximum Gasteiger partial charge on any atom is 0.214 e. The van der Waals surface area contributed by atoms with Gasteiger partial charge in [-0.1, -0.05) is 12.1 Å². The van der Waals surface area contributed by atoms with Crippen molar-refractivity contribution in [1.29, 1.82) is 0 Å². The molecule has 0 spiro atoms. The molecule has 72 valence electrons. The lowest BCUT2D eigenvalue weighted by Gasteiger charge is -1.88. The zero-order chi connectivity index (χ0) is 10.5. The molecular formula is C13H5N3. The number of aromatic amines is 1. The Hall–Kier alpha value is -2.65. The van der Waals surface area contributed by atoms with E-state index in [0.717, 1.165) is 27.8 Å². The molecule has 0 fully saturated rings. The van der Waals surface area contributed by atoms with Crippen LogP contribution in [0.2, 0.25) is 0 Å². The lowest BCUT2D eigenvalue weighted by atomic mass is 10.3. The van der Waals surface area contributed by atoms with Crippen LogP contribution in [0.5, 0.6) is 0 Å². The summed E-state index contributed by atoms with van der Waals surface area (Å²) in [4.78, 5) is 7.64. The molecule has 4 rings (SSSR count). The van der Waals surface area contributed by atoms with Gasteiger partial charge in [0.1, 0.15) is 11.0 Å². The van der Waals surface area contributed by atoms with Crippen LogP contribution in [0.25, 0.3) is 27.8 Å². The molecule has 0 aliphatic carbocycles. The molecule has 0 radical (unpaired) electrons. The van der Waals surface area contributed by atoms with Crippen molar-refractivity contribution in [3.05, 3.63) is 48.5 Å². The normalized spacial score (nSPS) is 10.8. The van der Waals surface area contributed by atoms with Crippen molar-refractivity contribution in [3.8, 4) is 0 Å². The Balaban J connectivity index is 2.38. The maximum atomic E-state index is 4.44. The molecule has 0 unspecified atom stereocenters. The van der Waals surface area contributed by atoms with Crippen LogP contribution in [-0.4, -0.2) is 14.4 Å². The van der Waals surface area contributed by atoms with Gasteiger partial charge in [-0.15, -0.1) is 0 Å². The minimum atomic E-state index is 0.803. The van der Waals surface area contributed by atoms with Gasteiger partial charge in [-0.2, -0.15) is 0 Å². The van der Waals surface area contributed by atoms with E-state index in [-0.39, 0.29) is 0 Å². The molecule has 0 saturated heterocycles. The number of fused-ring (bicyclic) bond motifs is 5. The third-order valence-corrected chi connectivity index (χ3v) is 2.68. The number of nitrogens with zero attached hydrogens (tertiary/aromatic N) is 2. The Kier molecular flexibility index (Phi) is 1.18. The van der Waals surface area contributed by atoms with Crippen molar-refractivity contribution < 1.29 is 0 Å². The van der Waals surface area contributed by atoms with Crippen LogP contribution >= 0.6 is 0 Å². The fourth-order valence-electron chi connectivity index (χ4n) is 2.01. The summed E-state index contributed by atoms with van der Waals surface area (Å²) in [6.45, 7) is 0. The van der Waals surface area contributed by atoms with Crippen LogP contribution in [0.3, 0.4) is 0 Å². The predicted molar refractivity (Wildman–Crippen MR) is 59.9 cm³/mol. The van der Waals surface area contributed by atoms with Crippen LogP contribution in [0, 0.1) is 24.3 Å². The molecule has 2 aromatic heterocycles. The van der Waals surface area contributed by atoms with E-state index in [9.17, 15) is 0 Å². The van der Waals surface area contributed by atoms with Crippen LogP contribution in [-0.2, 0) is 0 Å². The summed E-state index contributed by atoms with van der Waals surface area (Å²) < 4.78 is 2.05. The van der Waals surface area contributed by atoms with E-state index in [2.05, 4.69) is 38.6 Å². The van der Waals surface area contributed by atoms with Gasteiger partial charge in [-0.25, -0.2) is 4.98 Å². The SMILES string of the molecule is c1ccc2c(c#1)nc1[nH]c3c#cccc3n12. The third kappa shape index (κ3) is 0.785. The number of hydrogen-bond donors (Lipinski definition) is 1. The minimum Gasteiger partial charge on any atom is -0.316 e. The van der Waals surface area contributed by atoms with Gasteiger partial charge in [-0.3, -0.25) is 4.40 Å². The molecule has 0 amide bonds. The number of hydrogen-bond acceptors (Lipinski definition) is 1. The third-order valence-electron chi connectivity index (χ3n) is 2.68. The Morgan fingerprint density at radius 2 is 1.88 bits per heavy atom. The molecule has 0 atom stereocenters. The van der Waals surface area contributed by atoms with Crippen molar-refractivity contribution in [3.63, 3.8) is 0 Å². The fraction of sp³-hybridized carbons (Fsp3) is 0. The lowest BCUT2D eigenvalue weighted by molar-refractivity contribution is 1.28. The highest BCUT2D eigenvalue weighted by atomic mass is 15.1. The summed E-state index contributed by atoms with van der Waals surface area (Å²) >= 11 is 0. The Morgan fingerprint density at radius 3 is 2.81 bits per heavy atom. The highest BCUT2D eigenvalue weighted by Crippen LogP contribution is 2.19. The highest BCUT2D eigenvalue weighted by Gasteiger charge is 2.08. The molecule has 0 saturated carbocycles. The van der Waals surface area contributed by atoms with E-state index in [1.54, 1.807) is 0 Å². The summed E-state index contributed by atoms with van der Waals surface area (Å²) in [7, 11) is 0. The predicted octanol–water partition coefficient (Wildman–Crippen LogP) is 2.17. The Bertz CT molecular complexity index is 742. The number of aromatic nitrogens is 3. The van der Waals surface area contributed by atoms with Crippen molar-refractivity contribution in [2.24, 2.45) is 0 Å². The lowest BCUT2D eigenvalue weighted by Crippen LogP contribution is -1.77. The quantitative estimate of drug-likeness (QED) is 0.467. The number of H-pyrrole nitrogens is 1. The number of rotatable bonds is 0. The van der Waals surface area contributed by atoms with E-state index in [4.69, 9.17) is 0 Å². The summed E-state index contributed by atoms with van der Waals surface area (Å²) in [6, 6.07) is 19.5. The second kappa shape index (κ2) is 2.48. The highest BCUT2D eigenvalue weighted by molar-refractivity contribution is 5.88. The van der Waals surface area contributed by atoms with Crippen molar-refractivity contribution in [1.82, 2.24) is 14.4 Å². The van der Waals surface area contributed by atoms with Gasteiger partial charge < -0.3 is 4.98 Å². The van der Waals surface area contributed by atoms with Gasteiger partial charge in [0.2, 0.25) is 5.78 Å². The van der Waals surface area contributed by atoms with Crippen LogP contribution in [0.4, 0.5) is 0 Å². The van der Waals surface area contributed by atoms with E-state index in [0.29, 0.717) is 0 Å². The van der Waals surface area contributed by atoms with E-state index < -0.39 is 0 Å². The average molecular weight is 203 g/mol.